The summed E-state index contributed by atoms with van der Waals surface area (Å²) in [7, 11) is -0.175. The number of hydrogen-bond acceptors (Lipinski definition) is 8. The maximum Gasteiger partial charge on any atom is 0.349 e. The van der Waals surface area contributed by atoms with E-state index < -0.39 is 22.1 Å². The first kappa shape index (κ1) is 36.5. The van der Waals surface area contributed by atoms with Gasteiger partial charge in [0.05, 0.1) is 20.4 Å². The molecule has 3 aromatic heterocycles. The Bertz CT molecular complexity index is 1580. The number of amidine groups is 1. The number of aromatic nitrogens is 4. The minimum atomic E-state index is -1.49. The number of nitrogens with two attached hydrogens (primary N) is 1. The van der Waals surface area contributed by atoms with Crippen LogP contribution in [0, 0.1) is 22.9 Å². The molecule has 0 saturated carbocycles. The van der Waals surface area contributed by atoms with Crippen LogP contribution in [0.25, 0.3) is 11.5 Å². The summed E-state index contributed by atoms with van der Waals surface area (Å²) >= 11 is 5.11. The first-order valence-corrected chi connectivity index (χ1v) is 20.3. The predicted octanol–water partition coefficient (Wildman–Crippen LogP) is 4.57. The Hall–Kier alpha value is -4.50. The predicted molar refractivity (Wildman–Crippen MR) is 177 cm³/mol. The number of nitrogens with zero attached hydrogens (tertiary/aromatic N) is 4. The van der Waals surface area contributed by atoms with E-state index in [4.69, 9.17) is 22.2 Å². The minimum Gasteiger partial charge on any atom is -0.503 e. The molecule has 0 saturated heterocycles. The molecular formula is C30H37ClN6O4Si2. The first-order chi connectivity index (χ1) is 20.2. The molecule has 0 aliphatic rings. The zero-order valence-corrected chi connectivity index (χ0v) is 28.4. The van der Waals surface area contributed by atoms with Gasteiger partial charge >= 0.3 is 5.97 Å². The van der Waals surface area contributed by atoms with E-state index in [1.807, 2.05) is 18.2 Å². The average molecular weight is 637 g/mol. The van der Waals surface area contributed by atoms with Gasteiger partial charge in [-0.3, -0.25) is 14.8 Å². The highest BCUT2D eigenvalue weighted by Crippen LogP contribution is 2.08. The Morgan fingerprint density at radius 2 is 1.60 bits per heavy atom. The standard InChI is InChI=1S/C14H15N3OSi.C10H16O3Si.C6H6ClN3/c1-19(2,3)9-7-11-10-16-13(17-14(11)18)12-6-4-5-8-15-12;1-12-8-9(10(11)13-2)6-7-14(3,4)5;7-10-6(8)5-3-1-2-4-9-5/h4-6,8,10H,1-3H3,(H,16,17,18);8H,1-5H3;1-4H,(H2,8,10)/b;9-8+;. The molecule has 0 fully saturated rings. The molecule has 3 N–H and O–H groups in total. The lowest BCUT2D eigenvalue weighted by Crippen LogP contribution is -2.18. The number of rotatable bonds is 4. The van der Waals surface area contributed by atoms with Crippen LogP contribution >= 0.6 is 11.8 Å². The van der Waals surface area contributed by atoms with Gasteiger partial charge in [0.2, 0.25) is 0 Å². The van der Waals surface area contributed by atoms with Crippen molar-refractivity contribution in [1.29, 1.82) is 0 Å². The van der Waals surface area contributed by atoms with Crippen LogP contribution in [0.3, 0.4) is 0 Å². The van der Waals surface area contributed by atoms with Crippen molar-refractivity contribution in [2.45, 2.75) is 39.3 Å². The third-order valence-electron chi connectivity index (χ3n) is 4.51. The summed E-state index contributed by atoms with van der Waals surface area (Å²) in [6, 6.07) is 10.8. The highest BCUT2D eigenvalue weighted by molar-refractivity contribution is 6.84. The van der Waals surface area contributed by atoms with Crippen LogP contribution in [0.2, 0.25) is 39.3 Å². The van der Waals surface area contributed by atoms with Gasteiger partial charge < -0.3 is 20.2 Å². The molecule has 0 amide bonds. The number of methoxy groups -OCH3 is 2. The number of esters is 1. The Morgan fingerprint density at radius 3 is 2.07 bits per heavy atom. The van der Waals surface area contributed by atoms with Gasteiger partial charge in [-0.2, -0.15) is 4.51 Å². The summed E-state index contributed by atoms with van der Waals surface area (Å²) in [5, 5.41) is 0. The molecule has 3 aromatic rings. The molecule has 0 atom stereocenters. The van der Waals surface area contributed by atoms with Gasteiger partial charge in [-0.25, -0.2) is 9.78 Å². The van der Waals surface area contributed by atoms with Crippen molar-refractivity contribution >= 4 is 39.7 Å². The van der Waals surface area contributed by atoms with Crippen molar-refractivity contribution in [3.63, 3.8) is 0 Å². The number of carbonyl (C=O) groups excluding carboxylic acids is 1. The smallest absolute Gasteiger partial charge is 0.349 e. The zero-order valence-electron chi connectivity index (χ0n) is 25.7. The fourth-order valence-electron chi connectivity index (χ4n) is 2.54. The topological polar surface area (TPSA) is 145 Å². The summed E-state index contributed by atoms with van der Waals surface area (Å²) in [4.78, 5) is 38.1. The number of pyridine rings is 2. The number of carbonyl (C=O) groups is 1. The molecule has 0 radical (unpaired) electrons. The van der Waals surface area contributed by atoms with Gasteiger partial charge in [0.15, 0.2) is 11.7 Å². The lowest BCUT2D eigenvalue weighted by Gasteiger charge is -2.04. The molecule has 10 nitrogen and oxygen atoms in total. The van der Waals surface area contributed by atoms with E-state index >= 15 is 0 Å². The number of aromatic amines is 1. The molecule has 0 spiro atoms. The monoisotopic (exact) mass is 636 g/mol. The van der Waals surface area contributed by atoms with Crippen LogP contribution < -0.4 is 11.3 Å². The number of H-pyrrole nitrogens is 1. The molecule has 0 bridgehead atoms. The molecular weight excluding hydrogens is 600 g/mol. The normalized spacial score (nSPS) is 11.1. The van der Waals surface area contributed by atoms with Crippen LogP contribution in [0.5, 0.6) is 0 Å². The Morgan fingerprint density at radius 1 is 0.977 bits per heavy atom. The second-order valence-corrected chi connectivity index (χ2v) is 20.3. The lowest BCUT2D eigenvalue weighted by atomic mass is 10.3. The van der Waals surface area contributed by atoms with Gasteiger partial charge in [0, 0.05) is 24.2 Å². The fraction of sp³-hybridized carbons (Fsp3) is 0.267. The number of hydrogen-bond donors (Lipinski definition) is 2. The van der Waals surface area contributed by atoms with E-state index in [2.05, 4.69) is 91.4 Å². The second-order valence-electron chi connectivity index (χ2n) is 10.6. The minimum absolute atomic E-state index is 0.221. The molecule has 0 aliphatic heterocycles. The van der Waals surface area contributed by atoms with Gasteiger partial charge in [0.1, 0.15) is 44.9 Å². The van der Waals surface area contributed by atoms with Crippen molar-refractivity contribution in [2.24, 2.45) is 10.2 Å². The quantitative estimate of drug-likeness (QED) is 0.0805. The Kier molecular flexibility index (Phi) is 15.4. The van der Waals surface area contributed by atoms with Gasteiger partial charge in [-0.1, -0.05) is 63.3 Å². The Balaban J connectivity index is 0.000000341. The molecule has 3 rings (SSSR count). The van der Waals surface area contributed by atoms with Crippen molar-refractivity contribution in [3.05, 3.63) is 88.4 Å². The van der Waals surface area contributed by atoms with Crippen LogP contribution in [0.15, 0.2) is 76.1 Å². The molecule has 43 heavy (non-hydrogen) atoms. The highest BCUT2D eigenvalue weighted by atomic mass is 35.5. The SMILES string of the molecule is CO/C=C(\C#C[Si](C)(C)C)C(=O)OC.C[Si](C)(C)C#Cc1cnc(-c2ccccn2)[nH]c1=O.NC(=NCl)c1ccccn1. The Labute approximate surface area is 260 Å². The summed E-state index contributed by atoms with van der Waals surface area (Å²) in [6.07, 6.45) is 6.10. The van der Waals surface area contributed by atoms with E-state index in [-0.39, 0.29) is 17.0 Å². The summed E-state index contributed by atoms with van der Waals surface area (Å²) in [6.45, 7) is 12.7. The third kappa shape index (κ3) is 15.3. The van der Waals surface area contributed by atoms with E-state index in [9.17, 15) is 9.59 Å². The molecule has 13 heteroatoms. The molecule has 226 valence electrons. The summed E-state index contributed by atoms with van der Waals surface area (Å²) in [5.74, 6) is 5.94. The second kappa shape index (κ2) is 18.1. The average Bonchev–Trinajstić information content (AvgIpc) is 2.98. The van der Waals surface area contributed by atoms with E-state index in [0.717, 1.165) is 0 Å². The summed E-state index contributed by atoms with van der Waals surface area (Å²) in [5.41, 5.74) is 13.2. The zero-order chi connectivity index (χ0) is 32.5. The third-order valence-corrected chi connectivity index (χ3v) is 6.44. The van der Waals surface area contributed by atoms with Crippen molar-refractivity contribution in [1.82, 2.24) is 19.9 Å². The highest BCUT2D eigenvalue weighted by Gasteiger charge is 2.11. The number of halogens is 1. The molecule has 3 heterocycles. The van der Waals surface area contributed by atoms with Crippen LogP contribution in [-0.4, -0.2) is 62.1 Å². The van der Waals surface area contributed by atoms with Crippen LogP contribution in [0.1, 0.15) is 11.3 Å². The van der Waals surface area contributed by atoms with Crippen molar-refractivity contribution < 1.29 is 14.3 Å². The molecule has 0 aliphatic carbocycles. The lowest BCUT2D eigenvalue weighted by molar-refractivity contribution is -0.135. The molecule has 0 aromatic carbocycles. The maximum atomic E-state index is 11.9. The van der Waals surface area contributed by atoms with Crippen LogP contribution in [0.4, 0.5) is 0 Å². The van der Waals surface area contributed by atoms with Crippen molar-refractivity contribution in [2.75, 3.05) is 14.2 Å². The maximum absolute atomic E-state index is 11.9. The van der Waals surface area contributed by atoms with Crippen molar-refractivity contribution in [3.8, 4) is 34.4 Å². The van der Waals surface area contributed by atoms with Gasteiger partial charge in [-0.05, 0) is 24.3 Å². The summed E-state index contributed by atoms with van der Waals surface area (Å²) < 4.78 is 12.6. The van der Waals surface area contributed by atoms with Gasteiger partial charge in [-0.15, -0.1) is 11.1 Å². The number of ether oxygens (including phenoxy) is 2. The number of nitrogens with one attached hydrogen (secondary N) is 1. The van der Waals surface area contributed by atoms with Crippen LogP contribution in [-0.2, 0) is 14.3 Å². The van der Waals surface area contributed by atoms with Gasteiger partial charge in [0.25, 0.3) is 5.56 Å². The first-order valence-electron chi connectivity index (χ1n) is 12.9. The molecule has 0 unspecified atom stereocenters. The van der Waals surface area contributed by atoms with E-state index in [0.29, 0.717) is 22.8 Å². The fourth-order valence-corrected chi connectivity index (χ4v) is 3.65. The van der Waals surface area contributed by atoms with E-state index in [1.165, 1.54) is 26.7 Å². The largest absolute Gasteiger partial charge is 0.503 e. The van der Waals surface area contributed by atoms with E-state index in [1.54, 1.807) is 30.6 Å².